The molecular weight excluding hydrogens is 228 g/mol. The molecule has 1 atom stereocenters. The lowest BCUT2D eigenvalue weighted by molar-refractivity contribution is 0.152. The van der Waals surface area contributed by atoms with E-state index >= 15 is 0 Å². The second-order valence-corrected chi connectivity index (χ2v) is 5.04. The SMILES string of the molecule is CCOC(=O)N/N=C1/C=C2C=CCCC2(C)CC1. The standard InChI is InChI=1S/C14H20N2O2/c1-3-18-13(17)16-15-12-7-9-14(2)8-5-4-6-11(14)10-12/h4,6,10H,3,5,7-9H2,1-2H3,(H,16,17)/b15-12+. The maximum absolute atomic E-state index is 11.2. The second-order valence-electron chi connectivity index (χ2n) is 5.04. The van der Waals surface area contributed by atoms with Crippen molar-refractivity contribution in [3.05, 3.63) is 23.8 Å². The summed E-state index contributed by atoms with van der Waals surface area (Å²) >= 11 is 0. The van der Waals surface area contributed by atoms with Crippen LogP contribution in [0.5, 0.6) is 0 Å². The van der Waals surface area contributed by atoms with Crippen molar-refractivity contribution in [1.82, 2.24) is 5.43 Å². The Kier molecular flexibility index (Phi) is 3.84. The number of fused-ring (bicyclic) bond motifs is 1. The largest absolute Gasteiger partial charge is 0.449 e. The molecule has 98 valence electrons. The molecule has 1 amide bonds. The molecule has 0 aliphatic heterocycles. The zero-order chi connectivity index (χ0) is 13.0. The van der Waals surface area contributed by atoms with Gasteiger partial charge in [0.25, 0.3) is 0 Å². The van der Waals surface area contributed by atoms with Crippen molar-refractivity contribution in [2.45, 2.75) is 39.5 Å². The molecular formula is C14H20N2O2. The first-order chi connectivity index (χ1) is 8.64. The molecule has 1 N–H and O–H groups in total. The fraction of sp³-hybridized carbons (Fsp3) is 0.571. The quantitative estimate of drug-likeness (QED) is 0.763. The highest BCUT2D eigenvalue weighted by Crippen LogP contribution is 2.43. The van der Waals surface area contributed by atoms with Crippen molar-refractivity contribution in [3.63, 3.8) is 0 Å². The molecule has 0 aromatic heterocycles. The number of hydrogen-bond acceptors (Lipinski definition) is 3. The molecule has 0 saturated heterocycles. The van der Waals surface area contributed by atoms with Gasteiger partial charge in [-0.15, -0.1) is 0 Å². The molecule has 4 heteroatoms. The van der Waals surface area contributed by atoms with Crippen LogP contribution >= 0.6 is 0 Å². The summed E-state index contributed by atoms with van der Waals surface area (Å²) in [4.78, 5) is 11.2. The van der Waals surface area contributed by atoms with Crippen LogP contribution in [-0.4, -0.2) is 18.4 Å². The van der Waals surface area contributed by atoms with Crippen molar-refractivity contribution in [2.75, 3.05) is 6.61 Å². The van der Waals surface area contributed by atoms with Gasteiger partial charge in [0.15, 0.2) is 0 Å². The Hall–Kier alpha value is -1.58. The van der Waals surface area contributed by atoms with E-state index in [0.717, 1.165) is 25.0 Å². The summed E-state index contributed by atoms with van der Waals surface area (Å²) in [5, 5.41) is 4.11. The molecule has 0 aromatic rings. The van der Waals surface area contributed by atoms with Gasteiger partial charge in [-0.2, -0.15) is 5.10 Å². The molecule has 18 heavy (non-hydrogen) atoms. The summed E-state index contributed by atoms with van der Waals surface area (Å²) in [7, 11) is 0. The lowest BCUT2D eigenvalue weighted by atomic mass is 9.68. The fourth-order valence-electron chi connectivity index (χ4n) is 2.47. The lowest BCUT2D eigenvalue weighted by Gasteiger charge is -2.36. The summed E-state index contributed by atoms with van der Waals surface area (Å²) in [5.74, 6) is 0. The summed E-state index contributed by atoms with van der Waals surface area (Å²) in [6.07, 6.45) is 10.3. The van der Waals surface area contributed by atoms with E-state index in [9.17, 15) is 4.79 Å². The van der Waals surface area contributed by atoms with Gasteiger partial charge in [0.2, 0.25) is 0 Å². The molecule has 0 saturated carbocycles. The molecule has 2 aliphatic carbocycles. The van der Waals surface area contributed by atoms with Crippen LogP contribution in [-0.2, 0) is 4.74 Å². The van der Waals surface area contributed by atoms with Crippen LogP contribution in [0, 0.1) is 5.41 Å². The second kappa shape index (κ2) is 5.38. The minimum atomic E-state index is -0.490. The van der Waals surface area contributed by atoms with Gasteiger partial charge in [0.05, 0.1) is 12.3 Å². The third kappa shape index (κ3) is 2.81. The van der Waals surface area contributed by atoms with Crippen LogP contribution in [0.4, 0.5) is 4.79 Å². The Morgan fingerprint density at radius 2 is 2.39 bits per heavy atom. The Balaban J connectivity index is 2.06. The fourth-order valence-corrected chi connectivity index (χ4v) is 2.47. The summed E-state index contributed by atoms with van der Waals surface area (Å²) in [6.45, 7) is 4.43. The minimum Gasteiger partial charge on any atom is -0.449 e. The average molecular weight is 248 g/mol. The van der Waals surface area contributed by atoms with Crippen molar-refractivity contribution < 1.29 is 9.53 Å². The van der Waals surface area contributed by atoms with Crippen LogP contribution in [0.25, 0.3) is 0 Å². The van der Waals surface area contributed by atoms with Gasteiger partial charge in [-0.25, -0.2) is 10.2 Å². The maximum atomic E-state index is 11.2. The first-order valence-electron chi connectivity index (χ1n) is 6.52. The predicted octanol–water partition coefficient (Wildman–Crippen LogP) is 3.17. The van der Waals surface area contributed by atoms with Crippen LogP contribution in [0.15, 0.2) is 28.9 Å². The summed E-state index contributed by atoms with van der Waals surface area (Å²) in [6, 6.07) is 0. The number of nitrogens with zero attached hydrogens (tertiary/aromatic N) is 1. The molecule has 0 aromatic carbocycles. The summed E-state index contributed by atoms with van der Waals surface area (Å²) < 4.78 is 4.77. The van der Waals surface area contributed by atoms with Crippen LogP contribution in [0.2, 0.25) is 0 Å². The third-order valence-electron chi connectivity index (χ3n) is 3.68. The van der Waals surface area contributed by atoms with Gasteiger partial charge in [-0.1, -0.05) is 19.1 Å². The predicted molar refractivity (Wildman–Crippen MR) is 71.4 cm³/mol. The van der Waals surface area contributed by atoms with Gasteiger partial charge in [0.1, 0.15) is 0 Å². The van der Waals surface area contributed by atoms with E-state index in [0.29, 0.717) is 6.61 Å². The number of hydrazone groups is 1. The Labute approximate surface area is 108 Å². The van der Waals surface area contributed by atoms with Gasteiger partial charge in [-0.3, -0.25) is 0 Å². The number of hydrogen-bond donors (Lipinski definition) is 1. The number of nitrogens with one attached hydrogen (secondary N) is 1. The van der Waals surface area contributed by atoms with Gasteiger partial charge >= 0.3 is 6.09 Å². The van der Waals surface area contributed by atoms with Crippen LogP contribution in [0.1, 0.15) is 39.5 Å². The van der Waals surface area contributed by atoms with E-state index in [1.165, 1.54) is 12.0 Å². The average Bonchev–Trinajstić information content (AvgIpc) is 2.36. The minimum absolute atomic E-state index is 0.289. The summed E-state index contributed by atoms with van der Waals surface area (Å²) in [5.41, 5.74) is 4.95. The first-order valence-corrected chi connectivity index (χ1v) is 6.52. The van der Waals surface area contributed by atoms with Gasteiger partial charge < -0.3 is 4.74 Å². The van der Waals surface area contributed by atoms with Gasteiger partial charge in [0, 0.05) is 0 Å². The molecule has 0 spiro atoms. The topological polar surface area (TPSA) is 50.7 Å². The van der Waals surface area contributed by atoms with E-state index in [1.807, 2.05) is 0 Å². The van der Waals surface area contributed by atoms with Crippen molar-refractivity contribution in [1.29, 1.82) is 0 Å². The molecule has 2 rings (SSSR count). The van der Waals surface area contributed by atoms with Crippen molar-refractivity contribution in [3.8, 4) is 0 Å². The Bertz CT molecular complexity index is 424. The molecule has 1 unspecified atom stereocenters. The highest BCUT2D eigenvalue weighted by molar-refractivity contribution is 5.97. The van der Waals surface area contributed by atoms with E-state index < -0.39 is 6.09 Å². The first kappa shape index (κ1) is 12.9. The number of carbonyl (C=O) groups is 1. The number of carbonyl (C=O) groups excluding carboxylic acids is 1. The molecule has 0 radical (unpaired) electrons. The number of ether oxygens (including phenoxy) is 1. The van der Waals surface area contributed by atoms with Crippen molar-refractivity contribution in [2.24, 2.45) is 10.5 Å². The lowest BCUT2D eigenvalue weighted by Crippen LogP contribution is -2.28. The molecule has 0 fully saturated rings. The normalized spacial score (nSPS) is 28.6. The maximum Gasteiger partial charge on any atom is 0.427 e. The smallest absolute Gasteiger partial charge is 0.427 e. The molecule has 2 aliphatic rings. The van der Waals surface area contributed by atoms with Crippen LogP contribution < -0.4 is 5.43 Å². The van der Waals surface area contributed by atoms with E-state index in [1.54, 1.807) is 6.92 Å². The van der Waals surface area contributed by atoms with E-state index in [4.69, 9.17) is 4.74 Å². The number of rotatable bonds is 2. The zero-order valence-corrected chi connectivity index (χ0v) is 11.0. The monoisotopic (exact) mass is 248 g/mol. The molecule has 0 heterocycles. The number of amides is 1. The van der Waals surface area contributed by atoms with Gasteiger partial charge in [-0.05, 0) is 49.7 Å². The number of allylic oxidation sites excluding steroid dienone is 4. The van der Waals surface area contributed by atoms with E-state index in [-0.39, 0.29) is 5.41 Å². The Morgan fingerprint density at radius 1 is 1.56 bits per heavy atom. The molecule has 4 nitrogen and oxygen atoms in total. The highest BCUT2D eigenvalue weighted by Gasteiger charge is 2.32. The van der Waals surface area contributed by atoms with E-state index in [2.05, 4.69) is 35.7 Å². The third-order valence-corrected chi connectivity index (χ3v) is 3.68. The zero-order valence-electron chi connectivity index (χ0n) is 11.0. The van der Waals surface area contributed by atoms with Crippen LogP contribution in [0.3, 0.4) is 0 Å². The molecule has 0 bridgehead atoms. The highest BCUT2D eigenvalue weighted by atomic mass is 16.5. The Morgan fingerprint density at radius 3 is 3.17 bits per heavy atom. The van der Waals surface area contributed by atoms with Crippen molar-refractivity contribution >= 4 is 11.8 Å².